The molecule has 6 heteroatoms. The Hall–Kier alpha value is -1.72. The van der Waals surface area contributed by atoms with Crippen LogP contribution < -0.4 is 0 Å². The van der Waals surface area contributed by atoms with Crippen LogP contribution in [-0.4, -0.2) is 24.9 Å². The van der Waals surface area contributed by atoms with Gasteiger partial charge in [-0.05, 0) is 42.7 Å². The molecule has 0 atom stereocenters. The Morgan fingerprint density at radius 3 is 2.32 bits per heavy atom. The molecule has 1 aliphatic carbocycles. The van der Waals surface area contributed by atoms with Gasteiger partial charge in [-0.2, -0.15) is 0 Å². The highest BCUT2D eigenvalue weighted by molar-refractivity contribution is 7.92. The molecule has 0 spiro atoms. The van der Waals surface area contributed by atoms with E-state index in [1.54, 1.807) is 24.3 Å². The maximum atomic E-state index is 13.2. The van der Waals surface area contributed by atoms with Crippen LogP contribution in [-0.2, 0) is 20.0 Å². The Kier molecular flexibility index (Phi) is 5.25. The van der Waals surface area contributed by atoms with Gasteiger partial charge >= 0.3 is 0 Å². The lowest BCUT2D eigenvalue weighted by Gasteiger charge is -2.36. The van der Waals surface area contributed by atoms with Crippen LogP contribution in [0.5, 0.6) is 0 Å². The van der Waals surface area contributed by atoms with Crippen molar-refractivity contribution in [1.82, 2.24) is 4.98 Å². The summed E-state index contributed by atoms with van der Waals surface area (Å²) in [4.78, 5) is 17.1. The fourth-order valence-electron chi connectivity index (χ4n) is 3.57. The van der Waals surface area contributed by atoms with E-state index in [1.807, 2.05) is 12.1 Å². The molecule has 0 radical (unpaired) electrons. The SMILES string of the molecule is O=C(CS(=O)(=O)c1ccccn1)C1(c2ccc(Cl)cc2)CCCCC1. The number of carbonyl (C=O) groups is 1. The van der Waals surface area contributed by atoms with Crippen molar-refractivity contribution in [3.05, 3.63) is 59.2 Å². The normalized spacial score (nSPS) is 17.2. The van der Waals surface area contributed by atoms with E-state index in [4.69, 9.17) is 11.6 Å². The maximum absolute atomic E-state index is 13.2. The van der Waals surface area contributed by atoms with Crippen LogP contribution in [0.15, 0.2) is 53.7 Å². The number of rotatable bonds is 5. The van der Waals surface area contributed by atoms with Crippen LogP contribution in [0.4, 0.5) is 0 Å². The Labute approximate surface area is 153 Å². The van der Waals surface area contributed by atoms with Crippen molar-refractivity contribution in [2.45, 2.75) is 42.5 Å². The number of pyridine rings is 1. The molecule has 1 aromatic carbocycles. The Morgan fingerprint density at radius 1 is 1.04 bits per heavy atom. The predicted molar refractivity (Wildman–Crippen MR) is 97.5 cm³/mol. The molecule has 0 N–H and O–H groups in total. The van der Waals surface area contributed by atoms with Crippen molar-refractivity contribution in [2.24, 2.45) is 0 Å². The first-order chi connectivity index (χ1) is 11.9. The van der Waals surface area contributed by atoms with Crippen LogP contribution in [0.1, 0.15) is 37.7 Å². The molecule has 0 unspecified atom stereocenters. The van der Waals surface area contributed by atoms with Crippen molar-refractivity contribution in [1.29, 1.82) is 0 Å². The van der Waals surface area contributed by atoms with E-state index >= 15 is 0 Å². The summed E-state index contributed by atoms with van der Waals surface area (Å²) in [5.41, 5.74) is 0.114. The van der Waals surface area contributed by atoms with Crippen LogP contribution in [0.2, 0.25) is 5.02 Å². The molecule has 1 fully saturated rings. The predicted octanol–water partition coefficient (Wildman–Crippen LogP) is 3.98. The number of ketones is 1. The second kappa shape index (κ2) is 7.26. The largest absolute Gasteiger partial charge is 0.298 e. The summed E-state index contributed by atoms with van der Waals surface area (Å²) >= 11 is 5.97. The lowest BCUT2D eigenvalue weighted by atomic mass is 9.67. The van der Waals surface area contributed by atoms with Gasteiger partial charge in [0.1, 0.15) is 5.75 Å². The summed E-state index contributed by atoms with van der Waals surface area (Å²) in [5.74, 6) is -0.771. The van der Waals surface area contributed by atoms with E-state index in [0.29, 0.717) is 17.9 Å². The number of carbonyl (C=O) groups excluding carboxylic acids is 1. The van der Waals surface area contributed by atoms with Crippen molar-refractivity contribution in [3.63, 3.8) is 0 Å². The van der Waals surface area contributed by atoms with Gasteiger partial charge in [0.25, 0.3) is 0 Å². The maximum Gasteiger partial charge on any atom is 0.202 e. The minimum atomic E-state index is -3.75. The van der Waals surface area contributed by atoms with Gasteiger partial charge in [0.2, 0.25) is 9.84 Å². The molecule has 0 amide bonds. The third-order valence-corrected chi connectivity index (χ3v) is 6.69. The molecule has 25 heavy (non-hydrogen) atoms. The van der Waals surface area contributed by atoms with Gasteiger partial charge in [-0.15, -0.1) is 0 Å². The summed E-state index contributed by atoms with van der Waals surface area (Å²) in [6, 6.07) is 11.9. The zero-order valence-electron chi connectivity index (χ0n) is 13.8. The van der Waals surface area contributed by atoms with Crippen LogP contribution in [0, 0.1) is 0 Å². The highest BCUT2D eigenvalue weighted by atomic mass is 35.5. The summed E-state index contributed by atoms with van der Waals surface area (Å²) in [5, 5.41) is 0.550. The van der Waals surface area contributed by atoms with Gasteiger partial charge in [-0.1, -0.05) is 49.1 Å². The quantitative estimate of drug-likeness (QED) is 0.790. The molecular formula is C19H20ClNO3S. The summed E-state index contributed by atoms with van der Waals surface area (Å²) in [7, 11) is -3.75. The zero-order chi connectivity index (χ0) is 17.9. The summed E-state index contributed by atoms with van der Waals surface area (Å²) in [6.07, 6.45) is 5.66. The Morgan fingerprint density at radius 2 is 1.72 bits per heavy atom. The van der Waals surface area contributed by atoms with Gasteiger partial charge in [0.05, 0.1) is 5.41 Å². The number of sulfone groups is 1. The fourth-order valence-corrected chi connectivity index (χ4v) is 4.97. The van der Waals surface area contributed by atoms with Crippen molar-refractivity contribution >= 4 is 27.2 Å². The monoisotopic (exact) mass is 377 g/mol. The minimum Gasteiger partial charge on any atom is -0.298 e. The number of hydrogen-bond acceptors (Lipinski definition) is 4. The first-order valence-electron chi connectivity index (χ1n) is 8.37. The lowest BCUT2D eigenvalue weighted by Crippen LogP contribution is -2.41. The van der Waals surface area contributed by atoms with Gasteiger partial charge in [-0.3, -0.25) is 4.79 Å². The standard InChI is InChI=1S/C19H20ClNO3S/c20-16-9-7-15(8-10-16)19(11-3-1-4-12-19)17(22)14-25(23,24)18-6-2-5-13-21-18/h2,5-10,13H,1,3-4,11-12,14H2. The van der Waals surface area contributed by atoms with E-state index in [0.717, 1.165) is 24.8 Å². The molecule has 3 rings (SSSR count). The van der Waals surface area contributed by atoms with Gasteiger partial charge < -0.3 is 0 Å². The van der Waals surface area contributed by atoms with E-state index in [9.17, 15) is 13.2 Å². The fraction of sp³-hybridized carbons (Fsp3) is 0.368. The number of Topliss-reactive ketones (excluding diaryl/α,β-unsaturated/α-hetero) is 1. The number of nitrogens with zero attached hydrogens (tertiary/aromatic N) is 1. The number of aromatic nitrogens is 1. The van der Waals surface area contributed by atoms with Crippen LogP contribution >= 0.6 is 11.6 Å². The smallest absolute Gasteiger partial charge is 0.202 e. The second-order valence-electron chi connectivity index (χ2n) is 6.50. The first kappa shape index (κ1) is 18.1. The van der Waals surface area contributed by atoms with Crippen LogP contribution in [0.25, 0.3) is 0 Å². The van der Waals surface area contributed by atoms with Crippen molar-refractivity contribution < 1.29 is 13.2 Å². The number of halogens is 1. The molecule has 1 aromatic heterocycles. The number of hydrogen-bond donors (Lipinski definition) is 0. The molecule has 1 saturated carbocycles. The number of benzene rings is 1. The van der Waals surface area contributed by atoms with Crippen LogP contribution in [0.3, 0.4) is 0 Å². The minimum absolute atomic E-state index is 0.0505. The first-order valence-corrected chi connectivity index (χ1v) is 10.4. The molecule has 1 heterocycles. The summed E-state index contributed by atoms with van der Waals surface area (Å²) < 4.78 is 25.2. The molecule has 0 bridgehead atoms. The van der Waals surface area contributed by atoms with E-state index in [-0.39, 0.29) is 10.8 Å². The lowest BCUT2D eigenvalue weighted by molar-refractivity contribution is -0.123. The van der Waals surface area contributed by atoms with Crippen molar-refractivity contribution in [3.8, 4) is 0 Å². The van der Waals surface area contributed by atoms with Gasteiger partial charge in [0, 0.05) is 11.2 Å². The molecule has 2 aromatic rings. The third-order valence-electron chi connectivity index (χ3n) is 4.92. The zero-order valence-corrected chi connectivity index (χ0v) is 15.4. The topological polar surface area (TPSA) is 64.1 Å². The molecule has 4 nitrogen and oxygen atoms in total. The Balaban J connectivity index is 1.94. The Bertz CT molecular complexity index is 842. The third kappa shape index (κ3) is 3.77. The second-order valence-corrected chi connectivity index (χ2v) is 8.87. The van der Waals surface area contributed by atoms with E-state index < -0.39 is 21.0 Å². The summed E-state index contributed by atoms with van der Waals surface area (Å²) in [6.45, 7) is 0. The van der Waals surface area contributed by atoms with Gasteiger partial charge in [0.15, 0.2) is 10.8 Å². The van der Waals surface area contributed by atoms with Gasteiger partial charge in [-0.25, -0.2) is 13.4 Å². The average molecular weight is 378 g/mol. The van der Waals surface area contributed by atoms with E-state index in [2.05, 4.69) is 4.98 Å². The molecule has 132 valence electrons. The highest BCUT2D eigenvalue weighted by Gasteiger charge is 2.42. The van der Waals surface area contributed by atoms with Crippen molar-refractivity contribution in [2.75, 3.05) is 5.75 Å². The average Bonchev–Trinajstić information content (AvgIpc) is 2.63. The molecule has 0 saturated heterocycles. The highest BCUT2D eigenvalue weighted by Crippen LogP contribution is 2.41. The molecule has 1 aliphatic rings. The molecular weight excluding hydrogens is 358 g/mol. The molecule has 0 aliphatic heterocycles. The van der Waals surface area contributed by atoms with E-state index in [1.165, 1.54) is 12.3 Å².